The fraction of sp³-hybridized carbons (Fsp3) is 0.0606. The lowest BCUT2D eigenvalue weighted by Gasteiger charge is -2.14. The molecule has 0 saturated carbocycles. The molecule has 0 aliphatic carbocycles. The number of H-pyrrole nitrogens is 1. The van der Waals surface area contributed by atoms with E-state index in [0.29, 0.717) is 23.3 Å². The molecule has 0 aliphatic rings. The quantitative estimate of drug-likeness (QED) is 0.177. The van der Waals surface area contributed by atoms with Crippen molar-refractivity contribution in [1.29, 1.82) is 0 Å². The number of pyridine rings is 1. The van der Waals surface area contributed by atoms with Crippen LogP contribution in [0.5, 0.6) is 0 Å². The summed E-state index contributed by atoms with van der Waals surface area (Å²) in [6.45, 7) is 2.59. The summed E-state index contributed by atoms with van der Waals surface area (Å²) in [5, 5.41) is 8.14. The van der Waals surface area contributed by atoms with Crippen LogP contribution in [0.3, 0.4) is 0 Å². The van der Waals surface area contributed by atoms with Crippen molar-refractivity contribution >= 4 is 45.0 Å². The number of carbonyl (C=O) groups excluding carboxylic acids is 2. The van der Waals surface area contributed by atoms with Crippen molar-refractivity contribution in [1.82, 2.24) is 9.97 Å². The molecule has 6 aromatic rings. The van der Waals surface area contributed by atoms with Crippen LogP contribution in [-0.2, 0) is 6.54 Å². The molecule has 7 nitrogen and oxygen atoms in total. The summed E-state index contributed by atoms with van der Waals surface area (Å²) >= 11 is 0. The van der Waals surface area contributed by atoms with Crippen LogP contribution in [0.25, 0.3) is 32.9 Å². The maximum absolute atomic E-state index is 13.3. The summed E-state index contributed by atoms with van der Waals surface area (Å²) in [4.78, 5) is 32.5. The minimum atomic E-state index is -0.528. The summed E-state index contributed by atoms with van der Waals surface area (Å²) in [6.07, 6.45) is 1.01. The number of rotatable bonds is 7. The summed E-state index contributed by atoms with van der Waals surface area (Å²) in [6, 6.07) is 27.9. The van der Waals surface area contributed by atoms with Gasteiger partial charge in [-0.05, 0) is 65.6 Å². The van der Waals surface area contributed by atoms with Gasteiger partial charge in [0.05, 0.1) is 17.3 Å². The van der Waals surface area contributed by atoms with Crippen LogP contribution in [0, 0.1) is 12.7 Å². The molecule has 0 fully saturated rings. The van der Waals surface area contributed by atoms with Gasteiger partial charge in [-0.15, -0.1) is 0 Å². The number of hydrogen-bond donors (Lipinski definition) is 4. The van der Waals surface area contributed by atoms with Gasteiger partial charge < -0.3 is 21.4 Å². The predicted octanol–water partition coefficient (Wildman–Crippen LogP) is 6.79. The van der Waals surface area contributed by atoms with Crippen molar-refractivity contribution in [3.63, 3.8) is 0 Å². The lowest BCUT2D eigenvalue weighted by molar-refractivity contribution is 0.0998. The molecule has 0 aliphatic heterocycles. The molecule has 8 heteroatoms. The molecule has 6 rings (SSSR count). The lowest BCUT2D eigenvalue weighted by atomic mass is 9.93. The summed E-state index contributed by atoms with van der Waals surface area (Å²) in [5.74, 6) is -1.48. The smallest absolute Gasteiger partial charge is 0.274 e. The van der Waals surface area contributed by atoms with Gasteiger partial charge in [0.15, 0.2) is 0 Å². The van der Waals surface area contributed by atoms with E-state index in [0.717, 1.165) is 44.9 Å². The molecule has 2 aromatic heterocycles. The van der Waals surface area contributed by atoms with Crippen LogP contribution in [0.2, 0.25) is 0 Å². The SMILES string of the molecule is Cc1c(NC(=O)c2ccc(F)cn2)cccc1-c1ccc(C(N)=O)c2[nH]c3cc(NCc4ccccc4)ccc3c12. The molecular formula is C33H26FN5O2. The second-order valence-corrected chi connectivity index (χ2v) is 9.79. The predicted molar refractivity (Wildman–Crippen MR) is 160 cm³/mol. The first kappa shape index (κ1) is 25.8. The third-order valence-electron chi connectivity index (χ3n) is 7.19. The highest BCUT2D eigenvalue weighted by Crippen LogP contribution is 2.39. The van der Waals surface area contributed by atoms with E-state index >= 15 is 0 Å². The van der Waals surface area contributed by atoms with Crippen molar-refractivity contribution in [3.8, 4) is 11.1 Å². The van der Waals surface area contributed by atoms with E-state index in [-0.39, 0.29) is 5.69 Å². The van der Waals surface area contributed by atoms with Gasteiger partial charge in [-0.25, -0.2) is 9.37 Å². The fourth-order valence-corrected chi connectivity index (χ4v) is 5.11. The van der Waals surface area contributed by atoms with Crippen molar-refractivity contribution in [2.24, 2.45) is 5.73 Å². The first-order valence-corrected chi connectivity index (χ1v) is 13.1. The zero-order valence-corrected chi connectivity index (χ0v) is 22.2. The van der Waals surface area contributed by atoms with Crippen LogP contribution < -0.4 is 16.4 Å². The van der Waals surface area contributed by atoms with E-state index < -0.39 is 17.6 Å². The topological polar surface area (TPSA) is 113 Å². The average molecular weight is 544 g/mol. The van der Waals surface area contributed by atoms with Gasteiger partial charge in [-0.1, -0.05) is 54.6 Å². The van der Waals surface area contributed by atoms with Crippen molar-refractivity contribution in [3.05, 3.63) is 125 Å². The van der Waals surface area contributed by atoms with Gasteiger partial charge >= 0.3 is 0 Å². The van der Waals surface area contributed by atoms with E-state index in [1.165, 1.54) is 17.7 Å². The largest absolute Gasteiger partial charge is 0.381 e. The summed E-state index contributed by atoms with van der Waals surface area (Å²) < 4.78 is 13.3. The van der Waals surface area contributed by atoms with Crippen LogP contribution in [0.15, 0.2) is 97.2 Å². The summed E-state index contributed by atoms with van der Waals surface area (Å²) in [7, 11) is 0. The van der Waals surface area contributed by atoms with E-state index in [1.54, 1.807) is 12.1 Å². The van der Waals surface area contributed by atoms with E-state index in [9.17, 15) is 14.0 Å². The molecule has 2 heterocycles. The number of hydrogen-bond acceptors (Lipinski definition) is 4. The molecular weight excluding hydrogens is 517 g/mol. The van der Waals surface area contributed by atoms with Crippen LogP contribution in [0.4, 0.5) is 15.8 Å². The Morgan fingerprint density at radius 2 is 1.76 bits per heavy atom. The van der Waals surface area contributed by atoms with E-state index in [1.807, 2.05) is 61.5 Å². The Morgan fingerprint density at radius 3 is 2.51 bits per heavy atom. The maximum atomic E-state index is 13.3. The molecule has 5 N–H and O–H groups in total. The highest BCUT2D eigenvalue weighted by atomic mass is 19.1. The Balaban J connectivity index is 1.41. The highest BCUT2D eigenvalue weighted by Gasteiger charge is 2.19. The monoisotopic (exact) mass is 543 g/mol. The Hall–Kier alpha value is -5.50. The van der Waals surface area contributed by atoms with E-state index in [4.69, 9.17) is 5.73 Å². The number of carbonyl (C=O) groups is 2. The number of nitrogens with zero attached hydrogens (tertiary/aromatic N) is 1. The third kappa shape index (κ3) is 4.98. The van der Waals surface area contributed by atoms with Gasteiger partial charge in [-0.2, -0.15) is 0 Å². The number of benzene rings is 4. The molecule has 0 saturated heterocycles. The second-order valence-electron chi connectivity index (χ2n) is 9.79. The highest BCUT2D eigenvalue weighted by molar-refractivity contribution is 6.20. The first-order valence-electron chi connectivity index (χ1n) is 13.1. The molecule has 0 atom stereocenters. The zero-order chi connectivity index (χ0) is 28.5. The number of halogens is 1. The lowest BCUT2D eigenvalue weighted by Crippen LogP contribution is -2.14. The molecule has 2 amide bonds. The normalized spacial score (nSPS) is 11.1. The molecule has 0 spiro atoms. The number of aromatic amines is 1. The fourth-order valence-electron chi connectivity index (χ4n) is 5.11. The van der Waals surface area contributed by atoms with Gasteiger partial charge in [0.2, 0.25) is 0 Å². The van der Waals surface area contributed by atoms with Crippen molar-refractivity contribution < 1.29 is 14.0 Å². The van der Waals surface area contributed by atoms with Gasteiger partial charge in [0.25, 0.3) is 11.8 Å². The molecule has 0 unspecified atom stereocenters. The number of nitrogens with two attached hydrogens (primary N) is 1. The number of aromatic nitrogens is 2. The Labute approximate surface area is 235 Å². The standard InChI is InChI=1S/C33H26FN5O2/c1-19-23(8-5-9-27(19)39-33(41)28-15-10-21(34)18-37-28)24-13-14-26(32(35)40)31-30(24)25-12-11-22(16-29(25)38-31)36-17-20-6-3-2-4-7-20/h2-16,18,36,38H,17H2,1H3,(H2,35,40)(H,39,41). The number of amides is 2. The zero-order valence-electron chi connectivity index (χ0n) is 22.2. The van der Waals surface area contributed by atoms with E-state index in [2.05, 4.69) is 32.7 Å². The Bertz CT molecular complexity index is 1930. The number of primary amides is 1. The number of fused-ring (bicyclic) bond motifs is 3. The summed E-state index contributed by atoms with van der Waals surface area (Å²) in [5.41, 5.74) is 13.1. The molecule has 0 radical (unpaired) electrons. The minimum absolute atomic E-state index is 0.109. The van der Waals surface area contributed by atoms with Crippen molar-refractivity contribution in [2.45, 2.75) is 13.5 Å². The molecule has 202 valence electrons. The Kier molecular flexibility index (Phi) is 6.65. The van der Waals surface area contributed by atoms with Crippen LogP contribution in [0.1, 0.15) is 32.0 Å². The average Bonchev–Trinajstić information content (AvgIpc) is 3.36. The van der Waals surface area contributed by atoms with Crippen LogP contribution >= 0.6 is 0 Å². The Morgan fingerprint density at radius 1 is 0.927 bits per heavy atom. The molecule has 4 aromatic carbocycles. The first-order chi connectivity index (χ1) is 19.9. The van der Waals surface area contributed by atoms with Crippen molar-refractivity contribution in [2.75, 3.05) is 10.6 Å². The number of nitrogens with one attached hydrogen (secondary N) is 3. The van der Waals surface area contributed by atoms with Gasteiger partial charge in [-0.3, -0.25) is 9.59 Å². The second kappa shape index (κ2) is 10.6. The molecule has 0 bridgehead atoms. The van der Waals surface area contributed by atoms with Gasteiger partial charge in [0, 0.05) is 34.2 Å². The number of anilines is 2. The minimum Gasteiger partial charge on any atom is -0.381 e. The molecule has 41 heavy (non-hydrogen) atoms. The van der Waals surface area contributed by atoms with Gasteiger partial charge in [0.1, 0.15) is 11.5 Å². The maximum Gasteiger partial charge on any atom is 0.274 e. The van der Waals surface area contributed by atoms with Crippen LogP contribution in [-0.4, -0.2) is 21.8 Å². The third-order valence-corrected chi connectivity index (χ3v) is 7.19.